The van der Waals surface area contributed by atoms with Gasteiger partial charge in [0.1, 0.15) is 0 Å². The lowest BCUT2D eigenvalue weighted by Crippen LogP contribution is -2.43. The molecule has 5 heteroatoms. The fraction of sp³-hybridized carbons (Fsp3) is 0.714. The molecule has 2 N–H and O–H groups in total. The number of carbonyl (C=O) groups is 1. The Hall–Kier alpha value is -1.36. The molecule has 0 spiro atoms. The predicted molar refractivity (Wildman–Crippen MR) is 74.5 cm³/mol. The minimum absolute atomic E-state index is 0.199. The Kier molecular flexibility index (Phi) is 5.54. The van der Waals surface area contributed by atoms with Crippen LogP contribution in [0.1, 0.15) is 32.8 Å². The molecule has 0 fully saturated rings. The van der Waals surface area contributed by atoms with Gasteiger partial charge in [-0.25, -0.2) is 0 Å². The summed E-state index contributed by atoms with van der Waals surface area (Å²) in [6.07, 6.45) is 5.00. The van der Waals surface area contributed by atoms with E-state index in [-0.39, 0.29) is 5.97 Å². The fourth-order valence-electron chi connectivity index (χ4n) is 2.49. The molecule has 1 aromatic rings. The highest BCUT2D eigenvalue weighted by molar-refractivity contribution is 5.77. The van der Waals surface area contributed by atoms with E-state index < -0.39 is 5.41 Å². The molecule has 1 rings (SSSR count). The van der Waals surface area contributed by atoms with Crippen LogP contribution in [0.2, 0.25) is 0 Å². The second kappa shape index (κ2) is 6.70. The molecule has 0 aliphatic rings. The first-order valence-electron chi connectivity index (χ1n) is 6.78. The molecule has 5 nitrogen and oxygen atoms in total. The molecule has 1 atom stereocenters. The molecule has 1 heterocycles. The zero-order valence-electron chi connectivity index (χ0n) is 12.3. The van der Waals surface area contributed by atoms with Crippen molar-refractivity contribution in [2.75, 3.05) is 13.2 Å². The smallest absolute Gasteiger partial charge is 0.313 e. The lowest BCUT2D eigenvalue weighted by molar-refractivity contribution is -0.156. The standard InChI is InChI=1S/C14H25N3O2/c1-5-19-13(18)14(10-15,6-11(2)3)7-12-8-16-17(4)9-12/h8-9,11H,5-7,10,15H2,1-4H3. The van der Waals surface area contributed by atoms with Crippen LogP contribution in [0.25, 0.3) is 0 Å². The van der Waals surface area contributed by atoms with Gasteiger partial charge in [-0.2, -0.15) is 5.10 Å². The number of aryl methyl sites for hydroxylation is 1. The summed E-state index contributed by atoms with van der Waals surface area (Å²) in [5, 5.41) is 4.14. The van der Waals surface area contributed by atoms with Gasteiger partial charge in [0.25, 0.3) is 0 Å². The van der Waals surface area contributed by atoms with Crippen molar-refractivity contribution >= 4 is 5.97 Å². The number of ether oxygens (including phenoxy) is 1. The van der Waals surface area contributed by atoms with Gasteiger partial charge in [0, 0.05) is 19.8 Å². The summed E-state index contributed by atoms with van der Waals surface area (Å²) >= 11 is 0. The average molecular weight is 267 g/mol. The first-order chi connectivity index (χ1) is 8.93. The van der Waals surface area contributed by atoms with Crippen LogP contribution in [-0.4, -0.2) is 28.9 Å². The van der Waals surface area contributed by atoms with Crippen molar-refractivity contribution < 1.29 is 9.53 Å². The number of hydrogen-bond donors (Lipinski definition) is 1. The molecule has 0 radical (unpaired) electrons. The quantitative estimate of drug-likeness (QED) is 0.760. The lowest BCUT2D eigenvalue weighted by atomic mass is 9.76. The van der Waals surface area contributed by atoms with E-state index in [4.69, 9.17) is 10.5 Å². The Bertz CT molecular complexity index is 415. The topological polar surface area (TPSA) is 70.1 Å². The summed E-state index contributed by atoms with van der Waals surface area (Å²) < 4.78 is 6.97. The summed E-state index contributed by atoms with van der Waals surface area (Å²) in [5.41, 5.74) is 6.28. The van der Waals surface area contributed by atoms with E-state index in [1.807, 2.05) is 20.2 Å². The maximum absolute atomic E-state index is 12.3. The maximum atomic E-state index is 12.3. The van der Waals surface area contributed by atoms with E-state index in [9.17, 15) is 4.79 Å². The molecule has 1 unspecified atom stereocenters. The third-order valence-electron chi connectivity index (χ3n) is 3.20. The molecule has 19 heavy (non-hydrogen) atoms. The number of aromatic nitrogens is 2. The SMILES string of the molecule is CCOC(=O)C(CN)(Cc1cnn(C)c1)CC(C)C. The Labute approximate surface area is 115 Å². The van der Waals surface area contributed by atoms with E-state index in [2.05, 4.69) is 18.9 Å². The highest BCUT2D eigenvalue weighted by atomic mass is 16.5. The minimum Gasteiger partial charge on any atom is -0.466 e. The van der Waals surface area contributed by atoms with Crippen molar-refractivity contribution in [3.8, 4) is 0 Å². The van der Waals surface area contributed by atoms with Gasteiger partial charge in [-0.1, -0.05) is 13.8 Å². The van der Waals surface area contributed by atoms with Crippen LogP contribution in [0.4, 0.5) is 0 Å². The molecule has 0 aromatic carbocycles. The number of nitrogens with two attached hydrogens (primary N) is 1. The number of esters is 1. The van der Waals surface area contributed by atoms with Gasteiger partial charge in [-0.15, -0.1) is 0 Å². The largest absolute Gasteiger partial charge is 0.466 e. The first-order valence-corrected chi connectivity index (χ1v) is 6.78. The second-order valence-corrected chi connectivity index (χ2v) is 5.50. The molecule has 0 aliphatic heterocycles. The fourth-order valence-corrected chi connectivity index (χ4v) is 2.49. The Morgan fingerprint density at radius 2 is 2.26 bits per heavy atom. The predicted octanol–water partition coefficient (Wildman–Crippen LogP) is 1.52. The molecule has 0 saturated heterocycles. The van der Waals surface area contributed by atoms with Crippen LogP contribution in [0.15, 0.2) is 12.4 Å². The zero-order chi connectivity index (χ0) is 14.5. The highest BCUT2D eigenvalue weighted by Gasteiger charge is 2.39. The van der Waals surface area contributed by atoms with E-state index in [1.54, 1.807) is 10.9 Å². The van der Waals surface area contributed by atoms with Crippen LogP contribution < -0.4 is 5.73 Å². The van der Waals surface area contributed by atoms with Gasteiger partial charge in [0.2, 0.25) is 0 Å². The number of carbonyl (C=O) groups excluding carboxylic acids is 1. The van der Waals surface area contributed by atoms with Crippen molar-refractivity contribution in [3.05, 3.63) is 18.0 Å². The summed E-state index contributed by atoms with van der Waals surface area (Å²) in [7, 11) is 1.86. The van der Waals surface area contributed by atoms with Gasteiger partial charge in [0.15, 0.2) is 0 Å². The van der Waals surface area contributed by atoms with Crippen molar-refractivity contribution in [1.82, 2.24) is 9.78 Å². The molecule has 108 valence electrons. The molecular weight excluding hydrogens is 242 g/mol. The summed E-state index contributed by atoms with van der Waals surface area (Å²) in [6, 6.07) is 0. The first kappa shape index (κ1) is 15.7. The van der Waals surface area contributed by atoms with Crippen molar-refractivity contribution in [2.45, 2.75) is 33.6 Å². The molecule has 0 amide bonds. The Morgan fingerprint density at radius 3 is 2.68 bits per heavy atom. The second-order valence-electron chi connectivity index (χ2n) is 5.50. The number of nitrogens with zero attached hydrogens (tertiary/aromatic N) is 2. The van der Waals surface area contributed by atoms with Crippen LogP contribution in [-0.2, 0) is 23.0 Å². The van der Waals surface area contributed by atoms with E-state index in [0.717, 1.165) is 12.0 Å². The molecule has 0 aliphatic carbocycles. The number of rotatable bonds is 7. The third kappa shape index (κ3) is 4.06. The summed E-state index contributed by atoms with van der Waals surface area (Å²) in [6.45, 7) is 6.67. The lowest BCUT2D eigenvalue weighted by Gasteiger charge is -2.31. The highest BCUT2D eigenvalue weighted by Crippen LogP contribution is 2.31. The maximum Gasteiger partial charge on any atom is 0.313 e. The van der Waals surface area contributed by atoms with Crippen LogP contribution in [0, 0.1) is 11.3 Å². The minimum atomic E-state index is -0.646. The average Bonchev–Trinajstić information content (AvgIpc) is 2.73. The molecule has 0 saturated carbocycles. The van der Waals surface area contributed by atoms with Crippen LogP contribution in [0.5, 0.6) is 0 Å². The zero-order valence-corrected chi connectivity index (χ0v) is 12.3. The Morgan fingerprint density at radius 1 is 1.58 bits per heavy atom. The van der Waals surface area contributed by atoms with Crippen LogP contribution in [0.3, 0.4) is 0 Å². The van der Waals surface area contributed by atoms with Crippen LogP contribution >= 0.6 is 0 Å². The van der Waals surface area contributed by atoms with Crippen molar-refractivity contribution in [3.63, 3.8) is 0 Å². The van der Waals surface area contributed by atoms with Gasteiger partial charge in [0.05, 0.1) is 18.2 Å². The molecule has 0 bridgehead atoms. The van der Waals surface area contributed by atoms with Crippen molar-refractivity contribution in [1.29, 1.82) is 0 Å². The van der Waals surface area contributed by atoms with E-state index in [1.165, 1.54) is 0 Å². The Balaban J connectivity index is 2.98. The van der Waals surface area contributed by atoms with E-state index >= 15 is 0 Å². The van der Waals surface area contributed by atoms with E-state index in [0.29, 0.717) is 25.5 Å². The third-order valence-corrected chi connectivity index (χ3v) is 3.20. The monoisotopic (exact) mass is 267 g/mol. The van der Waals surface area contributed by atoms with Gasteiger partial charge in [-0.05, 0) is 31.2 Å². The summed E-state index contributed by atoms with van der Waals surface area (Å²) in [4.78, 5) is 12.3. The van der Waals surface area contributed by atoms with Gasteiger partial charge >= 0.3 is 5.97 Å². The van der Waals surface area contributed by atoms with Crippen molar-refractivity contribution in [2.24, 2.45) is 24.1 Å². The molecular formula is C14H25N3O2. The summed E-state index contributed by atoms with van der Waals surface area (Å²) in [5.74, 6) is 0.180. The molecule has 1 aromatic heterocycles. The van der Waals surface area contributed by atoms with Gasteiger partial charge < -0.3 is 10.5 Å². The number of hydrogen-bond acceptors (Lipinski definition) is 4. The normalized spacial score (nSPS) is 14.4. The van der Waals surface area contributed by atoms with Gasteiger partial charge in [-0.3, -0.25) is 9.48 Å².